The minimum Gasteiger partial charge on any atom is -0.455 e. The van der Waals surface area contributed by atoms with Crippen LogP contribution < -0.4 is 0 Å². The zero-order chi connectivity index (χ0) is 37.0. The lowest BCUT2D eigenvalue weighted by Crippen LogP contribution is -2.00. The molecular weight excluding hydrogens is 703 g/mol. The maximum atomic E-state index is 6.68. The topological polar surface area (TPSA) is 51.8 Å². The van der Waals surface area contributed by atoms with Crippen molar-refractivity contribution >= 4 is 53.4 Å². The summed E-state index contributed by atoms with van der Waals surface area (Å²) in [5.74, 6) is 1.78. The molecular formula is C51H31N3OS. The minimum absolute atomic E-state index is 0.566. The Hall–Kier alpha value is -7.21. The zero-order valence-electron chi connectivity index (χ0n) is 30.1. The fraction of sp³-hybridized carbons (Fsp3) is 0. The van der Waals surface area contributed by atoms with E-state index in [9.17, 15) is 0 Å². The van der Waals surface area contributed by atoms with Crippen LogP contribution in [0.25, 0.3) is 110 Å². The Morgan fingerprint density at radius 1 is 0.339 bits per heavy atom. The Kier molecular flexibility index (Phi) is 7.64. The number of thiophene rings is 1. The van der Waals surface area contributed by atoms with Gasteiger partial charge in [0.2, 0.25) is 0 Å². The SMILES string of the molecule is c1ccc(-c2ccc(-c3nc(-c4ccccc4)nc(-c4cccc5c4oc4ccc(-c6cccc7c6sc6ccc(-c8ccccc8)cc67)cc45)n3)cc2)cc1. The number of furan rings is 1. The predicted octanol–water partition coefficient (Wildman–Crippen LogP) is 14.1. The number of hydrogen-bond donors (Lipinski definition) is 0. The Balaban J connectivity index is 1.03. The molecule has 0 amide bonds. The van der Waals surface area contributed by atoms with Gasteiger partial charge in [-0.1, -0.05) is 158 Å². The average molecular weight is 734 g/mol. The Bertz CT molecular complexity index is 3230. The van der Waals surface area contributed by atoms with Crippen molar-refractivity contribution < 1.29 is 4.42 Å². The second-order valence-corrected chi connectivity index (χ2v) is 15.0. The average Bonchev–Trinajstić information content (AvgIpc) is 3.85. The number of benzene rings is 8. The van der Waals surface area contributed by atoms with Crippen LogP contribution in [0.3, 0.4) is 0 Å². The molecule has 3 heterocycles. The van der Waals surface area contributed by atoms with Crippen LogP contribution in [-0.2, 0) is 0 Å². The molecule has 0 saturated heterocycles. The lowest BCUT2D eigenvalue weighted by Gasteiger charge is -2.09. The van der Waals surface area contributed by atoms with Gasteiger partial charge in [0.1, 0.15) is 11.2 Å². The van der Waals surface area contributed by atoms with Crippen molar-refractivity contribution in [1.82, 2.24) is 15.0 Å². The smallest absolute Gasteiger partial charge is 0.167 e. The van der Waals surface area contributed by atoms with Crippen molar-refractivity contribution in [2.24, 2.45) is 0 Å². The van der Waals surface area contributed by atoms with E-state index in [2.05, 4.69) is 146 Å². The van der Waals surface area contributed by atoms with Crippen molar-refractivity contribution in [3.8, 4) is 67.5 Å². The van der Waals surface area contributed by atoms with E-state index in [4.69, 9.17) is 19.4 Å². The highest BCUT2D eigenvalue weighted by molar-refractivity contribution is 7.26. The van der Waals surface area contributed by atoms with Crippen LogP contribution in [0, 0.1) is 0 Å². The first-order valence-electron chi connectivity index (χ1n) is 18.7. The Morgan fingerprint density at radius 2 is 0.857 bits per heavy atom. The molecule has 0 unspecified atom stereocenters. The third-order valence-electron chi connectivity index (χ3n) is 10.6. The van der Waals surface area contributed by atoms with Crippen LogP contribution in [-0.4, -0.2) is 15.0 Å². The predicted molar refractivity (Wildman–Crippen MR) is 233 cm³/mol. The van der Waals surface area contributed by atoms with Crippen LogP contribution >= 0.6 is 11.3 Å². The summed E-state index contributed by atoms with van der Waals surface area (Å²) in [6, 6.07) is 65.7. The highest BCUT2D eigenvalue weighted by Gasteiger charge is 2.19. The number of fused-ring (bicyclic) bond motifs is 6. The van der Waals surface area contributed by atoms with E-state index in [0.717, 1.165) is 55.3 Å². The molecule has 0 bridgehead atoms. The summed E-state index contributed by atoms with van der Waals surface area (Å²) in [4.78, 5) is 15.1. The first-order chi connectivity index (χ1) is 27.7. The van der Waals surface area contributed by atoms with Gasteiger partial charge in [-0.3, -0.25) is 0 Å². The number of nitrogens with zero attached hydrogens (tertiary/aromatic N) is 3. The summed E-state index contributed by atoms with van der Waals surface area (Å²) in [7, 11) is 0. The van der Waals surface area contributed by atoms with Crippen molar-refractivity contribution in [3.63, 3.8) is 0 Å². The van der Waals surface area contributed by atoms with Gasteiger partial charge in [0.05, 0.1) is 5.56 Å². The third kappa shape index (κ3) is 5.56. The van der Waals surface area contributed by atoms with Gasteiger partial charge in [-0.15, -0.1) is 11.3 Å². The second kappa shape index (κ2) is 13.3. The standard InChI is InChI=1S/C51H31N3OS/c1-4-12-32(13-5-1)34-22-24-36(25-23-34)50-52-49(35-16-8-3-9-17-35)53-51(54-50)42-21-11-19-40-43-31-38(26-28-45(43)55-47(40)42)39-18-10-20-41-44-30-37(33-14-6-2-7-15-33)27-29-46(44)56-48(39)41/h1-31H. The molecule has 3 aromatic heterocycles. The zero-order valence-corrected chi connectivity index (χ0v) is 30.9. The van der Waals surface area contributed by atoms with Crippen LogP contribution in [0.15, 0.2) is 192 Å². The van der Waals surface area contributed by atoms with Gasteiger partial charge in [0.15, 0.2) is 17.5 Å². The van der Waals surface area contributed by atoms with E-state index in [1.807, 2.05) is 53.8 Å². The van der Waals surface area contributed by atoms with E-state index in [1.54, 1.807) is 0 Å². The highest BCUT2D eigenvalue weighted by Crippen LogP contribution is 2.43. The fourth-order valence-electron chi connectivity index (χ4n) is 7.76. The van der Waals surface area contributed by atoms with Gasteiger partial charge >= 0.3 is 0 Å². The second-order valence-electron chi connectivity index (χ2n) is 14.0. The van der Waals surface area contributed by atoms with Gasteiger partial charge in [-0.05, 0) is 63.7 Å². The maximum Gasteiger partial charge on any atom is 0.167 e. The molecule has 0 spiro atoms. The molecule has 11 rings (SSSR count). The molecule has 0 aliphatic heterocycles. The molecule has 0 aliphatic rings. The third-order valence-corrected chi connectivity index (χ3v) is 11.8. The lowest BCUT2D eigenvalue weighted by atomic mass is 9.99. The van der Waals surface area contributed by atoms with Crippen LogP contribution in [0.2, 0.25) is 0 Å². The van der Waals surface area contributed by atoms with E-state index < -0.39 is 0 Å². The molecule has 5 heteroatoms. The normalized spacial score (nSPS) is 11.6. The van der Waals surface area contributed by atoms with Gasteiger partial charge in [0, 0.05) is 42.1 Å². The fourth-order valence-corrected chi connectivity index (χ4v) is 8.98. The molecule has 0 fully saturated rings. The number of rotatable bonds is 6. The van der Waals surface area contributed by atoms with Gasteiger partial charge < -0.3 is 4.42 Å². The quantitative estimate of drug-likeness (QED) is 0.171. The van der Waals surface area contributed by atoms with Crippen LogP contribution in [0.4, 0.5) is 0 Å². The molecule has 0 aliphatic carbocycles. The Morgan fingerprint density at radius 3 is 1.57 bits per heavy atom. The summed E-state index contributed by atoms with van der Waals surface area (Å²) < 4.78 is 9.24. The highest BCUT2D eigenvalue weighted by atomic mass is 32.1. The number of hydrogen-bond acceptors (Lipinski definition) is 5. The van der Waals surface area contributed by atoms with Crippen molar-refractivity contribution in [2.75, 3.05) is 0 Å². The monoisotopic (exact) mass is 733 g/mol. The molecule has 4 nitrogen and oxygen atoms in total. The van der Waals surface area contributed by atoms with E-state index in [0.29, 0.717) is 17.5 Å². The molecule has 0 saturated carbocycles. The molecule has 262 valence electrons. The van der Waals surface area contributed by atoms with E-state index in [1.165, 1.54) is 36.9 Å². The molecule has 8 aromatic carbocycles. The molecule has 0 N–H and O–H groups in total. The minimum atomic E-state index is 0.566. The lowest BCUT2D eigenvalue weighted by molar-refractivity contribution is 0.669. The van der Waals surface area contributed by atoms with E-state index >= 15 is 0 Å². The molecule has 0 atom stereocenters. The van der Waals surface area contributed by atoms with Crippen molar-refractivity contribution in [3.05, 3.63) is 188 Å². The first kappa shape index (κ1) is 32.2. The number of aromatic nitrogens is 3. The summed E-state index contributed by atoms with van der Waals surface area (Å²) in [6.45, 7) is 0. The van der Waals surface area contributed by atoms with Crippen molar-refractivity contribution in [2.45, 2.75) is 0 Å². The summed E-state index contributed by atoms with van der Waals surface area (Å²) in [5, 5.41) is 4.63. The van der Waals surface area contributed by atoms with Crippen LogP contribution in [0.5, 0.6) is 0 Å². The molecule has 0 radical (unpaired) electrons. The van der Waals surface area contributed by atoms with Crippen molar-refractivity contribution in [1.29, 1.82) is 0 Å². The summed E-state index contributed by atoms with van der Waals surface area (Å²) in [5.41, 5.74) is 11.4. The van der Waals surface area contributed by atoms with Gasteiger partial charge in [-0.25, -0.2) is 15.0 Å². The number of para-hydroxylation sites is 1. The largest absolute Gasteiger partial charge is 0.455 e. The molecule has 11 aromatic rings. The van der Waals surface area contributed by atoms with Gasteiger partial charge in [0.25, 0.3) is 0 Å². The van der Waals surface area contributed by atoms with Gasteiger partial charge in [-0.2, -0.15) is 0 Å². The van der Waals surface area contributed by atoms with E-state index in [-0.39, 0.29) is 0 Å². The van der Waals surface area contributed by atoms with Crippen LogP contribution in [0.1, 0.15) is 0 Å². The Labute approximate surface area is 327 Å². The summed E-state index contributed by atoms with van der Waals surface area (Å²) in [6.07, 6.45) is 0. The summed E-state index contributed by atoms with van der Waals surface area (Å²) >= 11 is 1.85. The first-order valence-corrected chi connectivity index (χ1v) is 19.5. The molecule has 56 heavy (non-hydrogen) atoms. The maximum absolute atomic E-state index is 6.68.